The first kappa shape index (κ1) is 23.7. The summed E-state index contributed by atoms with van der Waals surface area (Å²) in [7, 11) is 0. The molecule has 0 bridgehead atoms. The number of nitrogens with one attached hydrogen (secondary N) is 2. The van der Waals surface area contributed by atoms with Gasteiger partial charge in [0.2, 0.25) is 0 Å². The lowest BCUT2D eigenvalue weighted by molar-refractivity contribution is -0.0201. The molecule has 1 aromatic rings. The number of aliphatic hydroxyl groups is 1. The zero-order chi connectivity index (χ0) is 22.1. The quantitative estimate of drug-likeness (QED) is 0.410. The maximum Gasteiger partial charge on any atom is 0.191 e. The molecule has 1 atom stereocenters. The van der Waals surface area contributed by atoms with Crippen molar-refractivity contribution in [2.75, 3.05) is 77.1 Å². The highest BCUT2D eigenvalue weighted by atomic mass is 19.1. The van der Waals surface area contributed by atoms with Gasteiger partial charge in [0.25, 0.3) is 0 Å². The molecule has 1 unspecified atom stereocenters. The van der Waals surface area contributed by atoms with E-state index in [0.717, 1.165) is 18.7 Å². The largest absolute Gasteiger partial charge is 0.387 e. The number of benzene rings is 1. The monoisotopic (exact) mass is 437 g/mol. The van der Waals surface area contributed by atoms with Gasteiger partial charge in [-0.3, -0.25) is 4.90 Å². The number of guanidine groups is 1. The van der Waals surface area contributed by atoms with E-state index in [1.54, 1.807) is 6.07 Å². The van der Waals surface area contributed by atoms with Crippen molar-refractivity contribution in [1.82, 2.24) is 15.5 Å². The van der Waals surface area contributed by atoms with Crippen molar-refractivity contribution in [3.63, 3.8) is 0 Å². The molecule has 0 aromatic heterocycles. The molecule has 31 heavy (non-hydrogen) atoms. The van der Waals surface area contributed by atoms with Gasteiger partial charge in [-0.25, -0.2) is 9.38 Å². The van der Waals surface area contributed by atoms with Crippen LogP contribution in [0.2, 0.25) is 0 Å². The minimum absolute atomic E-state index is 0.235. The second-order valence-electron chi connectivity index (χ2n) is 8.32. The first-order valence-electron chi connectivity index (χ1n) is 11.1. The van der Waals surface area contributed by atoms with Crippen molar-refractivity contribution in [3.05, 3.63) is 29.6 Å². The van der Waals surface area contributed by atoms with E-state index in [-0.39, 0.29) is 5.82 Å². The van der Waals surface area contributed by atoms with Gasteiger partial charge in [-0.15, -0.1) is 0 Å². The Morgan fingerprint density at radius 3 is 2.45 bits per heavy atom. The number of ether oxygens (including phenoxy) is 2. The smallest absolute Gasteiger partial charge is 0.191 e. The Hall–Kier alpha value is -1.94. The van der Waals surface area contributed by atoms with E-state index in [0.29, 0.717) is 77.3 Å². The van der Waals surface area contributed by atoms with Crippen LogP contribution >= 0.6 is 0 Å². The zero-order valence-electron chi connectivity index (χ0n) is 18.7. The van der Waals surface area contributed by atoms with Crippen molar-refractivity contribution in [2.24, 2.45) is 4.99 Å². The van der Waals surface area contributed by atoms with Crippen LogP contribution in [0.25, 0.3) is 0 Å². The van der Waals surface area contributed by atoms with E-state index in [4.69, 9.17) is 9.47 Å². The van der Waals surface area contributed by atoms with Crippen molar-refractivity contribution in [1.29, 1.82) is 0 Å². The van der Waals surface area contributed by atoms with Gasteiger partial charge < -0.3 is 30.1 Å². The average Bonchev–Trinajstić information content (AvgIpc) is 2.77. The molecule has 0 radical (unpaired) electrons. The SMILES string of the molecule is CCNC(=NCc1ccc(N2CCOCC2)c(F)c1)NCC(C)(O)CN1CCOCC1. The zero-order valence-corrected chi connectivity index (χ0v) is 18.7. The van der Waals surface area contributed by atoms with E-state index in [1.807, 2.05) is 30.9 Å². The Balaban J connectivity index is 1.55. The number of hydrogen-bond acceptors (Lipinski definition) is 6. The van der Waals surface area contributed by atoms with Crippen molar-refractivity contribution in [3.8, 4) is 0 Å². The molecule has 0 saturated carbocycles. The molecular weight excluding hydrogens is 401 g/mol. The van der Waals surface area contributed by atoms with E-state index in [1.165, 1.54) is 0 Å². The molecule has 2 heterocycles. The number of halogens is 1. The average molecular weight is 438 g/mol. The van der Waals surface area contributed by atoms with E-state index in [9.17, 15) is 9.50 Å². The molecule has 3 rings (SSSR count). The summed E-state index contributed by atoms with van der Waals surface area (Å²) in [6.07, 6.45) is 0. The summed E-state index contributed by atoms with van der Waals surface area (Å²) >= 11 is 0. The number of rotatable bonds is 8. The van der Waals surface area contributed by atoms with E-state index in [2.05, 4.69) is 20.5 Å². The Kier molecular flexibility index (Phi) is 8.89. The molecule has 2 fully saturated rings. The highest BCUT2D eigenvalue weighted by Gasteiger charge is 2.25. The molecule has 9 heteroatoms. The van der Waals surface area contributed by atoms with Crippen LogP contribution in [0.3, 0.4) is 0 Å². The third-order valence-electron chi connectivity index (χ3n) is 5.43. The van der Waals surface area contributed by atoms with Crippen molar-refractivity contribution in [2.45, 2.75) is 26.0 Å². The number of hydrogen-bond donors (Lipinski definition) is 3. The van der Waals surface area contributed by atoms with E-state index >= 15 is 0 Å². The Morgan fingerprint density at radius 2 is 1.81 bits per heavy atom. The highest BCUT2D eigenvalue weighted by Crippen LogP contribution is 2.22. The van der Waals surface area contributed by atoms with Gasteiger partial charge in [0.1, 0.15) is 5.82 Å². The lowest BCUT2D eigenvalue weighted by atomic mass is 10.1. The minimum atomic E-state index is -0.903. The predicted molar refractivity (Wildman–Crippen MR) is 120 cm³/mol. The number of β-amino-alcohol motifs (C(OH)–C–C–N with tert-alkyl or cyclic N) is 1. The fourth-order valence-electron chi connectivity index (χ4n) is 3.79. The molecule has 2 aliphatic heterocycles. The molecular formula is C22H36FN5O3. The summed E-state index contributed by atoms with van der Waals surface area (Å²) in [6.45, 7) is 11.5. The van der Waals surface area contributed by atoms with Gasteiger partial charge in [-0.05, 0) is 31.5 Å². The Labute approximate surface area is 184 Å². The van der Waals surface area contributed by atoms with Gasteiger partial charge in [0.05, 0.1) is 44.3 Å². The molecule has 3 N–H and O–H groups in total. The van der Waals surface area contributed by atoms with Gasteiger partial charge in [0, 0.05) is 45.8 Å². The first-order chi connectivity index (χ1) is 15.0. The van der Waals surface area contributed by atoms with Crippen LogP contribution in [0.5, 0.6) is 0 Å². The van der Waals surface area contributed by atoms with Crippen LogP contribution in [0.4, 0.5) is 10.1 Å². The molecule has 0 spiro atoms. The molecule has 2 saturated heterocycles. The maximum atomic E-state index is 14.6. The number of anilines is 1. The standard InChI is InChI=1S/C22H36FN5O3/c1-3-24-21(26-16-22(2,29)17-27-6-10-30-11-7-27)25-15-18-4-5-20(19(23)14-18)28-8-12-31-13-9-28/h4-5,14,29H,3,6-13,15-17H2,1-2H3,(H2,24,25,26). The molecule has 0 aliphatic carbocycles. The van der Waals surface area contributed by atoms with Crippen LogP contribution in [0.1, 0.15) is 19.4 Å². The van der Waals surface area contributed by atoms with Crippen LogP contribution in [0, 0.1) is 5.82 Å². The Morgan fingerprint density at radius 1 is 1.13 bits per heavy atom. The van der Waals surface area contributed by atoms with Gasteiger partial charge in [0.15, 0.2) is 5.96 Å². The molecule has 2 aliphatic rings. The maximum absolute atomic E-state index is 14.6. The fraction of sp³-hybridized carbons (Fsp3) is 0.682. The number of aliphatic imine (C=N–C) groups is 1. The number of morpholine rings is 2. The van der Waals surface area contributed by atoms with Crippen LogP contribution in [0.15, 0.2) is 23.2 Å². The van der Waals surface area contributed by atoms with Crippen molar-refractivity contribution >= 4 is 11.6 Å². The van der Waals surface area contributed by atoms with Gasteiger partial charge >= 0.3 is 0 Å². The fourth-order valence-corrected chi connectivity index (χ4v) is 3.79. The van der Waals surface area contributed by atoms with Crippen LogP contribution in [-0.2, 0) is 16.0 Å². The minimum Gasteiger partial charge on any atom is -0.387 e. The summed E-state index contributed by atoms with van der Waals surface area (Å²) in [4.78, 5) is 8.78. The Bertz CT molecular complexity index is 719. The lowest BCUT2D eigenvalue weighted by Gasteiger charge is -2.34. The third kappa shape index (κ3) is 7.60. The molecule has 8 nitrogen and oxygen atoms in total. The van der Waals surface area contributed by atoms with Crippen LogP contribution in [-0.4, -0.2) is 93.8 Å². The normalized spacial score (nSPS) is 20.4. The lowest BCUT2D eigenvalue weighted by Crippen LogP contribution is -2.52. The highest BCUT2D eigenvalue weighted by molar-refractivity contribution is 5.79. The molecule has 1 aromatic carbocycles. The van der Waals surface area contributed by atoms with Gasteiger partial charge in [-0.1, -0.05) is 6.07 Å². The van der Waals surface area contributed by atoms with E-state index < -0.39 is 5.60 Å². The second-order valence-corrected chi connectivity index (χ2v) is 8.32. The topological polar surface area (TPSA) is 81.6 Å². The summed E-state index contributed by atoms with van der Waals surface area (Å²) < 4.78 is 25.3. The molecule has 174 valence electrons. The predicted octanol–water partition coefficient (Wildman–Crippen LogP) is 0.801. The first-order valence-corrected chi connectivity index (χ1v) is 11.1. The second kappa shape index (κ2) is 11.6. The summed E-state index contributed by atoms with van der Waals surface area (Å²) in [5, 5.41) is 17.2. The summed E-state index contributed by atoms with van der Waals surface area (Å²) in [5.41, 5.74) is 0.506. The molecule has 0 amide bonds. The third-order valence-corrected chi connectivity index (χ3v) is 5.43. The summed E-state index contributed by atoms with van der Waals surface area (Å²) in [5.74, 6) is 0.364. The van der Waals surface area contributed by atoms with Crippen LogP contribution < -0.4 is 15.5 Å². The van der Waals surface area contributed by atoms with Gasteiger partial charge in [-0.2, -0.15) is 0 Å². The summed E-state index contributed by atoms with van der Waals surface area (Å²) in [6, 6.07) is 5.28. The number of nitrogens with zero attached hydrogens (tertiary/aromatic N) is 3. The van der Waals surface area contributed by atoms with Crippen molar-refractivity contribution < 1.29 is 19.0 Å².